The van der Waals surface area contributed by atoms with E-state index in [1.807, 2.05) is 32.0 Å². The average Bonchev–Trinajstić information content (AvgIpc) is 3.75. The van der Waals surface area contributed by atoms with Crippen molar-refractivity contribution in [3.8, 4) is 22.8 Å². The molecule has 1 amide bonds. The number of amides is 1. The van der Waals surface area contributed by atoms with Crippen LogP contribution in [0.2, 0.25) is 0 Å². The van der Waals surface area contributed by atoms with Crippen molar-refractivity contribution in [2.45, 2.75) is 62.8 Å². The van der Waals surface area contributed by atoms with Crippen LogP contribution in [-0.4, -0.2) is 45.5 Å². The van der Waals surface area contributed by atoms with Gasteiger partial charge in [0.25, 0.3) is 0 Å². The van der Waals surface area contributed by atoms with Crippen LogP contribution in [0.3, 0.4) is 0 Å². The zero-order valence-electron chi connectivity index (χ0n) is 26.4. The van der Waals surface area contributed by atoms with E-state index in [2.05, 4.69) is 32.6 Å². The van der Waals surface area contributed by atoms with E-state index in [0.29, 0.717) is 23.2 Å². The van der Waals surface area contributed by atoms with Gasteiger partial charge in [-0.05, 0) is 86.9 Å². The molecule has 3 N–H and O–H groups in total. The van der Waals surface area contributed by atoms with Crippen LogP contribution in [0, 0.1) is 11.6 Å². The molecule has 3 aromatic carbocycles. The third-order valence-electron chi connectivity index (χ3n) is 7.75. The van der Waals surface area contributed by atoms with Gasteiger partial charge in [0.2, 0.25) is 0 Å². The molecule has 0 unspecified atom stereocenters. The number of aldehydes is 1. The number of alkyl carbamates (subject to hydrolysis) is 1. The molecule has 0 atom stereocenters. The zero-order chi connectivity index (χ0) is 33.2. The van der Waals surface area contributed by atoms with E-state index >= 15 is 4.39 Å². The summed E-state index contributed by atoms with van der Waals surface area (Å²) in [6.07, 6.45) is 7.76. The van der Waals surface area contributed by atoms with E-state index in [4.69, 9.17) is 9.47 Å². The Labute approximate surface area is 276 Å². The molecular formula is C36H38F2N4O4S. The number of benzene rings is 3. The van der Waals surface area contributed by atoms with Gasteiger partial charge in [-0.3, -0.25) is 5.10 Å². The van der Waals surface area contributed by atoms with Gasteiger partial charge >= 0.3 is 6.09 Å². The standard InChI is InChI=1S/C36H38F2N4O4S/c1-36(2,15-3-4-20-47-26-9-5-7-24(21-26)8-6-18-43)41-35(44)45-19-14-28-27-12-16-39-33(27)23-31(38)34(28)46-25-10-11-30(37)29(22-25)32-13-17-40-42-32/h5,7,9-13,16-18,21-23,39H,3-4,6,8,14-15,19-20H2,1-2H3,(H,40,42)(H,41,44). The van der Waals surface area contributed by atoms with Gasteiger partial charge in [0.1, 0.15) is 17.9 Å². The van der Waals surface area contributed by atoms with Crippen molar-refractivity contribution in [3.63, 3.8) is 0 Å². The number of H-pyrrole nitrogens is 2. The Kier molecular flexibility index (Phi) is 11.3. The van der Waals surface area contributed by atoms with Crippen molar-refractivity contribution >= 4 is 35.0 Å². The fourth-order valence-corrected chi connectivity index (χ4v) is 6.37. The Hall–Kier alpha value is -4.64. The van der Waals surface area contributed by atoms with E-state index in [1.165, 1.54) is 35.4 Å². The lowest BCUT2D eigenvalue weighted by Crippen LogP contribution is -2.43. The Morgan fingerprint density at radius 3 is 2.72 bits per heavy atom. The lowest BCUT2D eigenvalue weighted by Gasteiger charge is -2.26. The van der Waals surface area contributed by atoms with Crippen LogP contribution in [0.4, 0.5) is 13.6 Å². The lowest BCUT2D eigenvalue weighted by atomic mass is 9.98. The average molecular weight is 661 g/mol. The van der Waals surface area contributed by atoms with E-state index in [9.17, 15) is 14.0 Å². The minimum absolute atomic E-state index is 0.00658. The first-order valence-electron chi connectivity index (χ1n) is 15.6. The predicted molar refractivity (Wildman–Crippen MR) is 180 cm³/mol. The van der Waals surface area contributed by atoms with E-state index < -0.39 is 23.3 Å². The minimum atomic E-state index is -0.600. The molecule has 0 aliphatic heterocycles. The van der Waals surface area contributed by atoms with Crippen molar-refractivity contribution in [3.05, 3.63) is 95.8 Å². The molecule has 11 heteroatoms. The number of unbranched alkanes of at least 4 members (excludes halogenated alkanes) is 1. The SMILES string of the molecule is CC(C)(CCCCSc1cccc(CCC=O)c1)NC(=O)OCCc1c(Oc2ccc(F)c(-c3ccn[nH]3)c2)c(F)cc2[nH]ccc12. The second-order valence-corrected chi connectivity index (χ2v) is 13.0. The molecule has 0 fully saturated rings. The lowest BCUT2D eigenvalue weighted by molar-refractivity contribution is -0.107. The van der Waals surface area contributed by atoms with Crippen LogP contribution in [0.5, 0.6) is 11.5 Å². The quantitative estimate of drug-likeness (QED) is 0.0555. The Morgan fingerprint density at radius 1 is 1.04 bits per heavy atom. The maximum Gasteiger partial charge on any atom is 0.407 e. The molecule has 47 heavy (non-hydrogen) atoms. The van der Waals surface area contributed by atoms with E-state index in [1.54, 1.807) is 24.0 Å². The monoisotopic (exact) mass is 660 g/mol. The smallest absolute Gasteiger partial charge is 0.407 e. The summed E-state index contributed by atoms with van der Waals surface area (Å²) < 4.78 is 41.4. The molecular weight excluding hydrogens is 622 g/mol. The van der Waals surface area contributed by atoms with Gasteiger partial charge in [-0.1, -0.05) is 18.6 Å². The normalized spacial score (nSPS) is 11.5. The first-order valence-corrected chi connectivity index (χ1v) is 16.6. The molecule has 5 rings (SSSR count). The van der Waals surface area contributed by atoms with Gasteiger partial charge < -0.3 is 24.6 Å². The number of rotatable bonds is 16. The first kappa shape index (κ1) is 33.7. The first-order chi connectivity index (χ1) is 22.7. The highest BCUT2D eigenvalue weighted by molar-refractivity contribution is 7.99. The molecule has 0 radical (unpaired) electrons. The second-order valence-electron chi connectivity index (χ2n) is 11.9. The van der Waals surface area contributed by atoms with Crippen LogP contribution in [0.25, 0.3) is 22.2 Å². The molecule has 0 aliphatic rings. The number of thioether (sulfide) groups is 1. The molecule has 0 saturated heterocycles. The largest absolute Gasteiger partial charge is 0.454 e. The van der Waals surface area contributed by atoms with Crippen LogP contribution in [-0.2, 0) is 22.4 Å². The van der Waals surface area contributed by atoms with Gasteiger partial charge in [0, 0.05) is 63.8 Å². The summed E-state index contributed by atoms with van der Waals surface area (Å²) in [5, 5.41) is 10.3. The van der Waals surface area contributed by atoms with Gasteiger partial charge in [-0.15, -0.1) is 11.8 Å². The number of carbonyl (C=O) groups excluding carboxylic acids is 2. The highest BCUT2D eigenvalue weighted by Gasteiger charge is 2.22. The van der Waals surface area contributed by atoms with Gasteiger partial charge in [0.05, 0.1) is 12.3 Å². The summed E-state index contributed by atoms with van der Waals surface area (Å²) in [6, 6.07) is 17.2. The number of fused-ring (bicyclic) bond motifs is 1. The number of nitrogens with zero attached hydrogens (tertiary/aromatic N) is 1. The maximum atomic E-state index is 15.4. The Bertz CT molecular complexity index is 1810. The maximum absolute atomic E-state index is 15.4. The topological polar surface area (TPSA) is 109 Å². The number of carbonyl (C=O) groups is 2. The highest BCUT2D eigenvalue weighted by atomic mass is 32.2. The molecule has 0 saturated carbocycles. The number of hydrogen-bond acceptors (Lipinski definition) is 6. The number of hydrogen-bond donors (Lipinski definition) is 3. The molecule has 2 heterocycles. The number of aryl methyl sites for hydroxylation is 1. The molecule has 5 aromatic rings. The molecule has 8 nitrogen and oxygen atoms in total. The summed E-state index contributed by atoms with van der Waals surface area (Å²) >= 11 is 1.79. The highest BCUT2D eigenvalue weighted by Crippen LogP contribution is 2.36. The van der Waals surface area contributed by atoms with Gasteiger partial charge in [-0.25, -0.2) is 13.6 Å². The van der Waals surface area contributed by atoms with Crippen molar-refractivity contribution in [1.29, 1.82) is 0 Å². The van der Waals surface area contributed by atoms with Gasteiger partial charge in [0.15, 0.2) is 11.6 Å². The molecule has 0 aliphatic carbocycles. The summed E-state index contributed by atoms with van der Waals surface area (Å²) in [6.45, 7) is 3.91. The van der Waals surface area contributed by atoms with Crippen LogP contribution in [0.15, 0.2) is 78.0 Å². The fraction of sp³-hybridized carbons (Fsp3) is 0.306. The van der Waals surface area contributed by atoms with E-state index in [0.717, 1.165) is 48.7 Å². The zero-order valence-corrected chi connectivity index (χ0v) is 27.2. The molecule has 0 bridgehead atoms. The van der Waals surface area contributed by atoms with Crippen LogP contribution < -0.4 is 10.1 Å². The number of aromatic nitrogens is 3. The fourth-order valence-electron chi connectivity index (χ4n) is 5.38. The molecule has 2 aromatic heterocycles. The summed E-state index contributed by atoms with van der Waals surface area (Å²) in [5.41, 5.74) is 2.49. The summed E-state index contributed by atoms with van der Waals surface area (Å²) in [7, 11) is 0. The third-order valence-corrected chi connectivity index (χ3v) is 8.83. The van der Waals surface area contributed by atoms with Crippen molar-refractivity contribution in [2.75, 3.05) is 12.4 Å². The predicted octanol–water partition coefficient (Wildman–Crippen LogP) is 8.77. The van der Waals surface area contributed by atoms with Crippen LogP contribution in [0.1, 0.15) is 50.7 Å². The number of ether oxygens (including phenoxy) is 2. The second kappa shape index (κ2) is 15.8. The number of nitrogens with one attached hydrogen (secondary N) is 3. The Balaban J connectivity index is 1.14. The van der Waals surface area contributed by atoms with Crippen LogP contribution >= 0.6 is 11.8 Å². The molecule has 246 valence electrons. The van der Waals surface area contributed by atoms with Crippen molar-refractivity contribution < 1.29 is 27.8 Å². The number of aromatic amines is 2. The van der Waals surface area contributed by atoms with Gasteiger partial charge in [-0.2, -0.15) is 5.10 Å². The van der Waals surface area contributed by atoms with E-state index in [-0.39, 0.29) is 30.1 Å². The summed E-state index contributed by atoms with van der Waals surface area (Å²) in [5.74, 6) is 0.100. The number of halogens is 2. The minimum Gasteiger partial charge on any atom is -0.454 e. The van der Waals surface area contributed by atoms with Crippen molar-refractivity contribution in [2.24, 2.45) is 0 Å². The summed E-state index contributed by atoms with van der Waals surface area (Å²) in [4.78, 5) is 27.6. The third kappa shape index (κ3) is 9.22. The van der Waals surface area contributed by atoms with Crippen molar-refractivity contribution in [1.82, 2.24) is 20.5 Å². The molecule has 0 spiro atoms. The Morgan fingerprint density at radius 2 is 1.91 bits per heavy atom.